The fraction of sp³-hybridized carbons (Fsp3) is 0.294. The smallest absolute Gasteiger partial charge is 0.318 e. The van der Waals surface area contributed by atoms with E-state index < -0.39 is 17.3 Å². The molecule has 0 amide bonds. The van der Waals surface area contributed by atoms with Crippen LogP contribution in [0.1, 0.15) is 29.4 Å². The molecule has 1 aromatic carbocycles. The molecule has 108 valence electrons. The van der Waals surface area contributed by atoms with Crippen molar-refractivity contribution in [3.05, 3.63) is 59.9 Å². The Morgan fingerprint density at radius 3 is 2.62 bits per heavy atom. The normalized spacial score (nSPS) is 24.5. The van der Waals surface area contributed by atoms with Crippen LogP contribution in [-0.4, -0.2) is 23.6 Å². The van der Waals surface area contributed by atoms with Crippen molar-refractivity contribution in [2.24, 2.45) is 5.92 Å². The average Bonchev–Trinajstić information content (AvgIpc) is 3.02. The monoisotopic (exact) mass is 283 g/mol. The minimum Gasteiger partial charge on any atom is -0.468 e. The van der Waals surface area contributed by atoms with E-state index in [2.05, 4.69) is 6.92 Å². The lowest BCUT2D eigenvalue weighted by atomic mass is 9.70. The molecule has 4 heteroatoms. The van der Waals surface area contributed by atoms with Gasteiger partial charge in [-0.25, -0.2) is 0 Å². The second kappa shape index (κ2) is 4.88. The van der Waals surface area contributed by atoms with E-state index in [1.165, 1.54) is 7.11 Å². The van der Waals surface area contributed by atoms with Gasteiger partial charge in [-0.2, -0.15) is 0 Å². The highest BCUT2D eigenvalue weighted by atomic mass is 16.5. The molecule has 0 N–H and O–H groups in total. The average molecular weight is 283 g/mol. The van der Waals surface area contributed by atoms with E-state index in [1.54, 1.807) is 10.8 Å². The summed E-state index contributed by atoms with van der Waals surface area (Å²) >= 11 is 0. The third-order valence-corrected chi connectivity index (χ3v) is 4.36. The molecule has 0 spiro atoms. The highest BCUT2D eigenvalue weighted by molar-refractivity contribution is 6.00. The van der Waals surface area contributed by atoms with Gasteiger partial charge >= 0.3 is 5.97 Å². The molecule has 0 bridgehead atoms. The number of aromatic nitrogens is 1. The van der Waals surface area contributed by atoms with Gasteiger partial charge in [-0.3, -0.25) is 14.2 Å². The maximum atomic E-state index is 12.5. The van der Waals surface area contributed by atoms with Crippen molar-refractivity contribution in [3.8, 4) is 0 Å². The molecule has 1 aliphatic rings. The van der Waals surface area contributed by atoms with E-state index in [0.29, 0.717) is 6.42 Å². The van der Waals surface area contributed by atoms with Gasteiger partial charge in [0, 0.05) is 17.3 Å². The van der Waals surface area contributed by atoms with Crippen molar-refractivity contribution < 1.29 is 14.3 Å². The third-order valence-electron chi connectivity index (χ3n) is 4.36. The molecule has 0 radical (unpaired) electrons. The molecule has 0 saturated carbocycles. The summed E-state index contributed by atoms with van der Waals surface area (Å²) in [6, 6.07) is 13.7. The molecule has 1 aromatic heterocycles. The number of fused-ring (bicyclic) bond motifs is 1. The first-order valence-electron chi connectivity index (χ1n) is 6.93. The van der Waals surface area contributed by atoms with Gasteiger partial charge in [0.25, 0.3) is 0 Å². The van der Waals surface area contributed by atoms with Crippen molar-refractivity contribution in [2.75, 3.05) is 7.11 Å². The maximum Gasteiger partial charge on any atom is 0.318 e. The van der Waals surface area contributed by atoms with E-state index in [9.17, 15) is 9.59 Å². The number of nitrogens with zero attached hydrogens (tertiary/aromatic N) is 1. The largest absolute Gasteiger partial charge is 0.468 e. The van der Waals surface area contributed by atoms with Crippen LogP contribution in [-0.2, 0) is 14.9 Å². The first-order chi connectivity index (χ1) is 10.1. The van der Waals surface area contributed by atoms with Crippen molar-refractivity contribution in [2.45, 2.75) is 18.8 Å². The number of ether oxygens (including phenoxy) is 1. The first kappa shape index (κ1) is 13.6. The topological polar surface area (TPSA) is 48.3 Å². The number of rotatable bonds is 2. The lowest BCUT2D eigenvalue weighted by Gasteiger charge is -2.38. The van der Waals surface area contributed by atoms with Gasteiger partial charge in [0.05, 0.1) is 7.11 Å². The molecule has 0 saturated heterocycles. The summed E-state index contributed by atoms with van der Waals surface area (Å²) in [7, 11) is 1.32. The zero-order valence-corrected chi connectivity index (χ0v) is 12.1. The summed E-state index contributed by atoms with van der Waals surface area (Å²) in [5.74, 6) is -1.45. The maximum absolute atomic E-state index is 12.5. The van der Waals surface area contributed by atoms with E-state index in [4.69, 9.17) is 4.74 Å². The van der Waals surface area contributed by atoms with Gasteiger partial charge in [-0.05, 0) is 31.0 Å². The molecule has 4 nitrogen and oxygen atoms in total. The standard InChI is InChI=1S/C17H17NO3/c1-17(12-7-4-3-5-8-12)11-13(16(20)21-2)15(19)18-10-6-9-14(17)18/h3-10,13H,11H2,1-2H3/t13-,17+/m1/s1. The van der Waals surface area contributed by atoms with Gasteiger partial charge in [-0.15, -0.1) is 0 Å². The molecule has 0 aliphatic carbocycles. The Balaban J connectivity index is 2.16. The van der Waals surface area contributed by atoms with E-state index in [1.807, 2.05) is 42.5 Å². The second-order valence-corrected chi connectivity index (χ2v) is 5.58. The van der Waals surface area contributed by atoms with Crippen LogP contribution in [0.4, 0.5) is 0 Å². The highest BCUT2D eigenvalue weighted by Gasteiger charge is 2.45. The van der Waals surface area contributed by atoms with Crippen molar-refractivity contribution in [1.29, 1.82) is 0 Å². The number of hydrogen-bond acceptors (Lipinski definition) is 3. The van der Waals surface area contributed by atoms with Crippen LogP contribution < -0.4 is 0 Å². The molecular formula is C17H17NO3. The molecule has 3 rings (SSSR count). The SMILES string of the molecule is COC(=O)[C@@H]1C[C@@](C)(c2ccccc2)c2cccn2C1=O. The van der Waals surface area contributed by atoms with Crippen molar-refractivity contribution in [1.82, 2.24) is 4.57 Å². The fourth-order valence-corrected chi connectivity index (χ4v) is 3.19. The zero-order valence-electron chi connectivity index (χ0n) is 12.1. The zero-order chi connectivity index (χ0) is 15.0. The van der Waals surface area contributed by atoms with Crippen LogP contribution in [0.15, 0.2) is 48.7 Å². The Hall–Kier alpha value is -2.36. The van der Waals surface area contributed by atoms with Crippen LogP contribution in [0.2, 0.25) is 0 Å². The molecule has 0 unspecified atom stereocenters. The fourth-order valence-electron chi connectivity index (χ4n) is 3.19. The molecule has 21 heavy (non-hydrogen) atoms. The molecule has 2 aromatic rings. The Morgan fingerprint density at radius 2 is 1.95 bits per heavy atom. The summed E-state index contributed by atoms with van der Waals surface area (Å²) in [6.07, 6.45) is 2.14. The number of esters is 1. The summed E-state index contributed by atoms with van der Waals surface area (Å²) in [6.45, 7) is 2.07. The quantitative estimate of drug-likeness (QED) is 0.629. The predicted octanol–water partition coefficient (Wildman–Crippen LogP) is 2.63. The number of carbonyl (C=O) groups excluding carboxylic acids is 2. The van der Waals surface area contributed by atoms with Crippen LogP contribution in [0.25, 0.3) is 0 Å². The van der Waals surface area contributed by atoms with Crippen LogP contribution in [0.5, 0.6) is 0 Å². The van der Waals surface area contributed by atoms with Gasteiger partial charge in [0.2, 0.25) is 5.91 Å². The minimum absolute atomic E-state index is 0.213. The predicted molar refractivity (Wildman–Crippen MR) is 78.1 cm³/mol. The van der Waals surface area contributed by atoms with Gasteiger partial charge in [0.15, 0.2) is 0 Å². The van der Waals surface area contributed by atoms with Crippen LogP contribution in [0.3, 0.4) is 0 Å². The number of hydrogen-bond donors (Lipinski definition) is 0. The summed E-state index contributed by atoms with van der Waals surface area (Å²) in [5, 5.41) is 0. The Labute approximate surface area is 123 Å². The van der Waals surface area contributed by atoms with Crippen LogP contribution >= 0.6 is 0 Å². The number of methoxy groups -OCH3 is 1. The molecular weight excluding hydrogens is 266 g/mol. The molecule has 1 aliphatic heterocycles. The second-order valence-electron chi connectivity index (χ2n) is 5.58. The summed E-state index contributed by atoms with van der Waals surface area (Å²) in [5.41, 5.74) is 1.61. The molecule has 2 heterocycles. The Bertz CT molecular complexity index is 689. The van der Waals surface area contributed by atoms with Crippen LogP contribution in [0, 0.1) is 5.92 Å². The lowest BCUT2D eigenvalue weighted by molar-refractivity contribution is -0.144. The van der Waals surface area contributed by atoms with Gasteiger partial charge in [-0.1, -0.05) is 30.3 Å². The van der Waals surface area contributed by atoms with E-state index >= 15 is 0 Å². The minimum atomic E-state index is -0.764. The Kier molecular flexibility index (Phi) is 3.16. The van der Waals surface area contributed by atoms with Gasteiger partial charge < -0.3 is 4.74 Å². The Morgan fingerprint density at radius 1 is 1.24 bits per heavy atom. The third kappa shape index (κ3) is 1.98. The molecule has 2 atom stereocenters. The highest BCUT2D eigenvalue weighted by Crippen LogP contribution is 2.42. The van der Waals surface area contributed by atoms with Crippen molar-refractivity contribution >= 4 is 11.9 Å². The molecule has 0 fully saturated rings. The van der Waals surface area contributed by atoms with Crippen molar-refractivity contribution in [3.63, 3.8) is 0 Å². The first-order valence-corrected chi connectivity index (χ1v) is 6.93. The summed E-state index contributed by atoms with van der Waals surface area (Å²) < 4.78 is 6.39. The number of benzene rings is 1. The lowest BCUT2D eigenvalue weighted by Crippen LogP contribution is -2.44. The summed E-state index contributed by atoms with van der Waals surface area (Å²) in [4.78, 5) is 24.4. The number of carbonyl (C=O) groups is 2. The van der Waals surface area contributed by atoms with E-state index in [0.717, 1.165) is 11.3 Å². The van der Waals surface area contributed by atoms with E-state index in [-0.39, 0.29) is 5.91 Å². The van der Waals surface area contributed by atoms with Gasteiger partial charge in [0.1, 0.15) is 5.92 Å².